The van der Waals surface area contributed by atoms with Crippen molar-refractivity contribution in [3.8, 4) is 0 Å². The van der Waals surface area contributed by atoms with Crippen LogP contribution in [0.5, 0.6) is 0 Å². The largest absolute Gasteiger partial charge is 0.467 e. The van der Waals surface area contributed by atoms with Crippen LogP contribution in [0.3, 0.4) is 0 Å². The molecule has 0 bridgehead atoms. The Labute approximate surface area is 194 Å². The summed E-state index contributed by atoms with van der Waals surface area (Å²) in [6.45, 7) is 1.48. The molecular formula is C25H27N3O4S. The van der Waals surface area contributed by atoms with Gasteiger partial charge in [-0.05, 0) is 55.3 Å². The van der Waals surface area contributed by atoms with Crippen molar-refractivity contribution in [3.63, 3.8) is 0 Å². The number of benzene rings is 2. The molecule has 0 radical (unpaired) electrons. The first-order valence-electron chi connectivity index (χ1n) is 11.3. The van der Waals surface area contributed by atoms with Crippen LogP contribution in [-0.4, -0.2) is 36.6 Å². The van der Waals surface area contributed by atoms with Gasteiger partial charge in [-0.15, -0.1) is 0 Å². The molecule has 1 amide bonds. The molecular weight excluding hydrogens is 438 g/mol. The van der Waals surface area contributed by atoms with Crippen LogP contribution >= 0.6 is 0 Å². The standard InChI is InChI=1S/C25H27N3O4S/c29-25-23-10-4-3-9-22(23)24(28(25)18-20-8-7-17-32-20)26-19-11-13-21(14-12-19)33(30,31)27-15-5-1-2-6-16-27/h3-4,7-14,17,24,26H,1-2,5-6,15-16,18H2/t24-/m0/s1. The van der Waals surface area contributed by atoms with Crippen LogP contribution in [0, 0.1) is 0 Å². The van der Waals surface area contributed by atoms with Gasteiger partial charge in [-0.2, -0.15) is 4.31 Å². The van der Waals surface area contributed by atoms with Crippen LogP contribution in [0.25, 0.3) is 0 Å². The first-order valence-corrected chi connectivity index (χ1v) is 12.8. The van der Waals surface area contributed by atoms with E-state index in [2.05, 4.69) is 5.32 Å². The van der Waals surface area contributed by atoms with Crippen LogP contribution in [0.15, 0.2) is 76.2 Å². The predicted octanol–water partition coefficient (Wildman–Crippen LogP) is 4.61. The van der Waals surface area contributed by atoms with Crippen LogP contribution in [0.2, 0.25) is 0 Å². The Balaban J connectivity index is 1.38. The van der Waals surface area contributed by atoms with E-state index in [9.17, 15) is 13.2 Å². The lowest BCUT2D eigenvalue weighted by atomic mass is 10.1. The minimum atomic E-state index is -3.50. The molecule has 1 saturated heterocycles. The quantitative estimate of drug-likeness (QED) is 0.575. The van der Waals surface area contributed by atoms with Crippen molar-refractivity contribution in [1.82, 2.24) is 9.21 Å². The van der Waals surface area contributed by atoms with Gasteiger partial charge in [0.1, 0.15) is 11.9 Å². The van der Waals surface area contributed by atoms with Gasteiger partial charge in [-0.25, -0.2) is 8.42 Å². The first kappa shape index (κ1) is 21.7. The smallest absolute Gasteiger partial charge is 0.256 e. The Kier molecular flexibility index (Phi) is 5.95. The van der Waals surface area contributed by atoms with Crippen LogP contribution in [0.1, 0.15) is 53.5 Å². The summed E-state index contributed by atoms with van der Waals surface area (Å²) in [6, 6.07) is 18.0. The molecule has 5 rings (SSSR count). The maximum absolute atomic E-state index is 13.1. The van der Waals surface area contributed by atoms with Crippen LogP contribution in [-0.2, 0) is 16.6 Å². The summed E-state index contributed by atoms with van der Waals surface area (Å²) in [5, 5.41) is 3.41. The zero-order valence-electron chi connectivity index (χ0n) is 18.3. The summed E-state index contributed by atoms with van der Waals surface area (Å²) < 4.78 is 33.2. The average molecular weight is 466 g/mol. The third-order valence-electron chi connectivity index (χ3n) is 6.33. The number of carbonyl (C=O) groups excluding carboxylic acids is 1. The molecule has 2 aliphatic rings. The normalized spacial score (nSPS) is 19.3. The molecule has 0 spiro atoms. The molecule has 0 aliphatic carbocycles. The number of sulfonamides is 1. The molecule has 3 aromatic rings. The Morgan fingerprint density at radius 1 is 0.909 bits per heavy atom. The fraction of sp³-hybridized carbons (Fsp3) is 0.320. The number of nitrogens with zero attached hydrogens (tertiary/aromatic N) is 2. The third-order valence-corrected chi connectivity index (χ3v) is 8.24. The third kappa shape index (κ3) is 4.28. The highest BCUT2D eigenvalue weighted by Crippen LogP contribution is 2.36. The van der Waals surface area contributed by atoms with Gasteiger partial charge < -0.3 is 14.6 Å². The van der Waals surface area contributed by atoms with Crippen molar-refractivity contribution in [2.45, 2.75) is 43.3 Å². The molecule has 1 atom stereocenters. The molecule has 0 unspecified atom stereocenters. The summed E-state index contributed by atoms with van der Waals surface area (Å²) in [7, 11) is -3.50. The van der Waals surface area contributed by atoms with Gasteiger partial charge in [0, 0.05) is 29.9 Å². The Morgan fingerprint density at radius 3 is 2.33 bits per heavy atom. The highest BCUT2D eigenvalue weighted by Gasteiger charge is 2.37. The molecule has 0 saturated carbocycles. The summed E-state index contributed by atoms with van der Waals surface area (Å²) in [6.07, 6.45) is 5.16. The average Bonchev–Trinajstić information content (AvgIpc) is 3.31. The lowest BCUT2D eigenvalue weighted by Crippen LogP contribution is -2.32. The number of anilines is 1. The van der Waals surface area contributed by atoms with Crippen molar-refractivity contribution in [2.24, 2.45) is 0 Å². The minimum Gasteiger partial charge on any atom is -0.467 e. The van der Waals surface area contributed by atoms with Crippen LogP contribution < -0.4 is 5.32 Å². The molecule has 172 valence electrons. The number of rotatable bonds is 6. The van der Waals surface area contributed by atoms with Crippen molar-refractivity contribution in [2.75, 3.05) is 18.4 Å². The number of carbonyl (C=O) groups is 1. The van der Waals surface area contributed by atoms with E-state index in [4.69, 9.17) is 4.42 Å². The number of hydrogen-bond acceptors (Lipinski definition) is 5. The van der Waals surface area contributed by atoms with E-state index in [1.54, 1.807) is 45.8 Å². The monoisotopic (exact) mass is 465 g/mol. The first-order chi connectivity index (χ1) is 16.0. The number of furan rings is 1. The van der Waals surface area contributed by atoms with E-state index < -0.39 is 10.0 Å². The van der Waals surface area contributed by atoms with Crippen LogP contribution in [0.4, 0.5) is 5.69 Å². The number of nitrogens with one attached hydrogen (secondary N) is 1. The zero-order valence-corrected chi connectivity index (χ0v) is 19.1. The molecule has 7 nitrogen and oxygen atoms in total. The molecule has 1 fully saturated rings. The summed E-state index contributed by atoms with van der Waals surface area (Å²) in [5.41, 5.74) is 2.28. The van der Waals surface area contributed by atoms with E-state index in [-0.39, 0.29) is 12.1 Å². The minimum absolute atomic E-state index is 0.0696. The van der Waals surface area contributed by atoms with Gasteiger partial charge in [0.2, 0.25) is 10.0 Å². The summed E-state index contributed by atoms with van der Waals surface area (Å²) in [4.78, 5) is 15.1. The highest BCUT2D eigenvalue weighted by atomic mass is 32.2. The van der Waals surface area contributed by atoms with Gasteiger partial charge in [0.15, 0.2) is 0 Å². The van der Waals surface area contributed by atoms with Crippen molar-refractivity contribution < 1.29 is 17.6 Å². The van der Waals surface area contributed by atoms with E-state index >= 15 is 0 Å². The molecule has 1 aromatic heterocycles. The van der Waals surface area contributed by atoms with Crippen molar-refractivity contribution in [3.05, 3.63) is 83.8 Å². The van der Waals surface area contributed by atoms with Crippen molar-refractivity contribution in [1.29, 1.82) is 0 Å². The van der Waals surface area contributed by atoms with E-state index in [1.807, 2.05) is 30.3 Å². The van der Waals surface area contributed by atoms with Gasteiger partial charge >= 0.3 is 0 Å². The van der Waals surface area contributed by atoms with Gasteiger partial charge in [-0.3, -0.25) is 4.79 Å². The van der Waals surface area contributed by atoms with Gasteiger partial charge in [0.05, 0.1) is 17.7 Å². The van der Waals surface area contributed by atoms with Crippen molar-refractivity contribution >= 4 is 21.6 Å². The molecule has 3 heterocycles. The second kappa shape index (κ2) is 9.03. The molecule has 33 heavy (non-hydrogen) atoms. The van der Waals surface area contributed by atoms with E-state index in [1.165, 1.54) is 0 Å². The molecule has 8 heteroatoms. The SMILES string of the molecule is O=C1c2ccccc2[C@@H](Nc2ccc(S(=O)(=O)N3CCCCCC3)cc2)N1Cc1ccco1. The second-order valence-corrected chi connectivity index (χ2v) is 10.4. The lowest BCUT2D eigenvalue weighted by molar-refractivity contribution is 0.0715. The Bertz CT molecular complexity index is 1210. The lowest BCUT2D eigenvalue weighted by Gasteiger charge is -2.26. The maximum atomic E-state index is 13.1. The van der Waals surface area contributed by atoms with E-state index in [0.717, 1.165) is 36.9 Å². The molecule has 1 N–H and O–H groups in total. The number of hydrogen-bond donors (Lipinski definition) is 1. The predicted molar refractivity (Wildman–Crippen MR) is 125 cm³/mol. The molecule has 2 aliphatic heterocycles. The second-order valence-electron chi connectivity index (χ2n) is 8.49. The highest BCUT2D eigenvalue weighted by molar-refractivity contribution is 7.89. The maximum Gasteiger partial charge on any atom is 0.256 e. The fourth-order valence-corrected chi connectivity index (χ4v) is 6.09. The summed E-state index contributed by atoms with van der Waals surface area (Å²) >= 11 is 0. The van der Waals surface area contributed by atoms with E-state index in [0.29, 0.717) is 35.9 Å². The Morgan fingerprint density at radius 2 is 1.64 bits per heavy atom. The number of amides is 1. The topological polar surface area (TPSA) is 82.9 Å². The fourth-order valence-electron chi connectivity index (χ4n) is 4.57. The summed E-state index contributed by atoms with van der Waals surface area (Å²) in [5.74, 6) is 0.627. The van der Waals surface area contributed by atoms with Gasteiger partial charge in [-0.1, -0.05) is 31.0 Å². The zero-order chi connectivity index (χ0) is 22.8. The number of fused-ring (bicyclic) bond motifs is 1. The molecule has 2 aromatic carbocycles. The Hall–Kier alpha value is -3.10. The van der Waals surface area contributed by atoms with Gasteiger partial charge in [0.25, 0.3) is 5.91 Å².